The topological polar surface area (TPSA) is 9.23 Å². The van der Waals surface area contributed by atoms with Crippen LogP contribution in [0, 0.1) is 0 Å². The van der Waals surface area contributed by atoms with E-state index >= 15 is 0 Å². The highest BCUT2D eigenvalue weighted by molar-refractivity contribution is 6.27. The second-order valence-electron chi connectivity index (χ2n) is 11.2. The normalized spacial score (nSPS) is 11.8. The Morgan fingerprint density at radius 2 is 1.12 bits per heavy atom. The summed E-state index contributed by atoms with van der Waals surface area (Å²) in [5, 5.41) is 5.19. The Bertz CT molecular complexity index is 1920. The number of rotatable bonds is 8. The summed E-state index contributed by atoms with van der Waals surface area (Å²) in [5.41, 5.74) is 13.3. The number of hydrogen-bond donors (Lipinski definition) is 0. The fraction of sp³-hybridized carbons (Fsp3) is 0.200. The fourth-order valence-corrected chi connectivity index (χ4v) is 6.68. The Morgan fingerprint density at radius 1 is 0.537 bits per heavy atom. The van der Waals surface area contributed by atoms with E-state index in [4.69, 9.17) is 4.74 Å². The third kappa shape index (κ3) is 4.23. The lowest BCUT2D eigenvalue weighted by atomic mass is 9.82. The van der Waals surface area contributed by atoms with Crippen LogP contribution in [-0.2, 0) is 12.8 Å². The van der Waals surface area contributed by atoms with Gasteiger partial charge in [-0.15, -0.1) is 0 Å². The summed E-state index contributed by atoms with van der Waals surface area (Å²) in [6, 6.07) is 38.6. The first kappa shape index (κ1) is 25.6. The van der Waals surface area contributed by atoms with E-state index in [0.29, 0.717) is 0 Å². The van der Waals surface area contributed by atoms with Crippen molar-refractivity contribution in [2.75, 3.05) is 6.61 Å². The third-order valence-corrected chi connectivity index (χ3v) is 8.74. The minimum atomic E-state index is 0.740. The number of unbranched alkanes of at least 4 members (excludes halogenated alkanes) is 1. The number of benzene rings is 6. The molecule has 0 aliphatic heterocycles. The van der Waals surface area contributed by atoms with Gasteiger partial charge < -0.3 is 4.74 Å². The molecule has 41 heavy (non-hydrogen) atoms. The Morgan fingerprint density at radius 3 is 1.71 bits per heavy atom. The van der Waals surface area contributed by atoms with Crippen LogP contribution in [0.15, 0.2) is 103 Å². The van der Waals surface area contributed by atoms with Crippen molar-refractivity contribution in [3.05, 3.63) is 114 Å². The summed E-state index contributed by atoms with van der Waals surface area (Å²) in [5.74, 6) is 0.945. The summed E-state index contributed by atoms with van der Waals surface area (Å²) < 4.78 is 6.31. The summed E-state index contributed by atoms with van der Waals surface area (Å²) in [6.45, 7) is 7.42. The number of fused-ring (bicyclic) bond motifs is 4. The predicted molar refractivity (Wildman–Crippen MR) is 176 cm³/mol. The minimum Gasteiger partial charge on any atom is -0.494 e. The Labute approximate surface area is 243 Å². The molecule has 1 nitrogen and oxygen atoms in total. The van der Waals surface area contributed by atoms with Crippen LogP contribution in [0.3, 0.4) is 0 Å². The highest BCUT2D eigenvalue weighted by Gasteiger charge is 2.30. The maximum atomic E-state index is 6.31. The molecule has 0 aromatic heterocycles. The largest absolute Gasteiger partial charge is 0.494 e. The monoisotopic (exact) mass is 532 g/mol. The standard InChI is InChI=1S/C40H36O/c1-4-7-22-41-31-20-21-32-35(25-31)38(30-17-9-13-27(6-3)24-30)40-34-19-11-15-28-14-10-18-33(36(28)34)39(40)37(32)29-16-8-12-26(5-2)23-29/h8-21,23-25H,4-7,22H2,1-3H3. The highest BCUT2D eigenvalue weighted by Crippen LogP contribution is 2.57. The maximum absolute atomic E-state index is 6.31. The molecule has 0 bridgehead atoms. The molecule has 0 heterocycles. The summed E-state index contributed by atoms with van der Waals surface area (Å²) in [7, 11) is 0. The van der Waals surface area contributed by atoms with E-state index in [1.54, 1.807) is 0 Å². The van der Waals surface area contributed by atoms with Gasteiger partial charge in [0, 0.05) is 0 Å². The van der Waals surface area contributed by atoms with Crippen molar-refractivity contribution in [3.63, 3.8) is 0 Å². The Balaban J connectivity index is 1.66. The summed E-state index contributed by atoms with van der Waals surface area (Å²) in [4.78, 5) is 0. The quantitative estimate of drug-likeness (QED) is 0.177. The van der Waals surface area contributed by atoms with Crippen LogP contribution in [0.2, 0.25) is 0 Å². The van der Waals surface area contributed by atoms with Gasteiger partial charge in [0.1, 0.15) is 5.75 Å². The zero-order chi connectivity index (χ0) is 27.9. The molecular weight excluding hydrogens is 496 g/mol. The average molecular weight is 533 g/mol. The van der Waals surface area contributed by atoms with Crippen LogP contribution in [0.5, 0.6) is 5.75 Å². The molecule has 202 valence electrons. The van der Waals surface area contributed by atoms with Gasteiger partial charge in [0.15, 0.2) is 0 Å². The lowest BCUT2D eigenvalue weighted by Gasteiger charge is -2.22. The molecule has 1 heteroatoms. The first-order chi connectivity index (χ1) is 20.2. The van der Waals surface area contributed by atoms with Crippen molar-refractivity contribution in [1.82, 2.24) is 0 Å². The predicted octanol–water partition coefficient (Wildman–Crippen LogP) is 11.3. The molecule has 0 radical (unpaired) electrons. The summed E-state index contributed by atoms with van der Waals surface area (Å²) in [6.07, 6.45) is 4.20. The Kier molecular flexibility index (Phi) is 6.59. The molecule has 0 unspecified atom stereocenters. The van der Waals surface area contributed by atoms with Gasteiger partial charge in [-0.25, -0.2) is 0 Å². The van der Waals surface area contributed by atoms with Gasteiger partial charge in [0.2, 0.25) is 0 Å². The van der Waals surface area contributed by atoms with Crippen molar-refractivity contribution >= 4 is 21.5 Å². The fourth-order valence-electron chi connectivity index (χ4n) is 6.68. The van der Waals surface area contributed by atoms with Gasteiger partial charge in [-0.05, 0) is 109 Å². The Hall–Kier alpha value is -4.36. The van der Waals surface area contributed by atoms with E-state index in [0.717, 1.165) is 38.0 Å². The SMILES string of the molecule is CCCCOc1ccc2c(-c3cccc(CC)c3)c3c(c(-c4cccc(CC)c4)c2c1)-c1cccc2cccc-3c12. The lowest BCUT2D eigenvalue weighted by Crippen LogP contribution is -1.98. The lowest BCUT2D eigenvalue weighted by molar-refractivity contribution is 0.310. The van der Waals surface area contributed by atoms with E-state index in [9.17, 15) is 0 Å². The molecule has 7 rings (SSSR count). The van der Waals surface area contributed by atoms with E-state index < -0.39 is 0 Å². The summed E-state index contributed by atoms with van der Waals surface area (Å²) >= 11 is 0. The highest BCUT2D eigenvalue weighted by atomic mass is 16.5. The molecular formula is C40H36O. The van der Waals surface area contributed by atoms with Crippen molar-refractivity contribution in [2.24, 2.45) is 0 Å². The van der Waals surface area contributed by atoms with Gasteiger partial charge in [-0.1, -0.05) is 118 Å². The molecule has 0 spiro atoms. The van der Waals surface area contributed by atoms with Crippen molar-refractivity contribution < 1.29 is 4.74 Å². The first-order valence-corrected chi connectivity index (χ1v) is 15.2. The van der Waals surface area contributed by atoms with Gasteiger partial charge in [0.25, 0.3) is 0 Å². The average Bonchev–Trinajstić information content (AvgIpc) is 3.35. The van der Waals surface area contributed by atoms with Crippen molar-refractivity contribution in [2.45, 2.75) is 46.5 Å². The van der Waals surface area contributed by atoms with Crippen LogP contribution in [0.25, 0.3) is 66.1 Å². The molecule has 1 aliphatic carbocycles. The molecule has 6 aromatic carbocycles. The minimum absolute atomic E-state index is 0.740. The second kappa shape index (κ2) is 10.6. The van der Waals surface area contributed by atoms with E-state index in [1.165, 1.54) is 77.2 Å². The zero-order valence-corrected chi connectivity index (χ0v) is 24.3. The molecule has 0 amide bonds. The van der Waals surface area contributed by atoms with Crippen molar-refractivity contribution in [3.8, 4) is 50.3 Å². The zero-order valence-electron chi connectivity index (χ0n) is 24.3. The van der Waals surface area contributed by atoms with Crippen molar-refractivity contribution in [1.29, 1.82) is 0 Å². The molecule has 0 saturated carbocycles. The van der Waals surface area contributed by atoms with Crippen LogP contribution >= 0.6 is 0 Å². The van der Waals surface area contributed by atoms with Crippen LogP contribution < -0.4 is 4.74 Å². The smallest absolute Gasteiger partial charge is 0.119 e. The number of ether oxygens (including phenoxy) is 1. The number of aryl methyl sites for hydroxylation is 2. The molecule has 0 saturated heterocycles. The number of hydrogen-bond acceptors (Lipinski definition) is 1. The molecule has 6 aromatic rings. The second-order valence-corrected chi connectivity index (χ2v) is 11.2. The molecule has 1 aliphatic rings. The maximum Gasteiger partial charge on any atom is 0.119 e. The van der Waals surface area contributed by atoms with Crippen LogP contribution in [0.1, 0.15) is 44.7 Å². The van der Waals surface area contributed by atoms with E-state index in [-0.39, 0.29) is 0 Å². The van der Waals surface area contributed by atoms with Gasteiger partial charge in [0.05, 0.1) is 6.61 Å². The van der Waals surface area contributed by atoms with Gasteiger partial charge >= 0.3 is 0 Å². The van der Waals surface area contributed by atoms with Gasteiger partial charge in [-0.3, -0.25) is 0 Å². The molecule has 0 fully saturated rings. The first-order valence-electron chi connectivity index (χ1n) is 15.2. The third-order valence-electron chi connectivity index (χ3n) is 8.74. The molecule has 0 atom stereocenters. The van der Waals surface area contributed by atoms with Crippen LogP contribution in [-0.4, -0.2) is 6.61 Å². The van der Waals surface area contributed by atoms with Gasteiger partial charge in [-0.2, -0.15) is 0 Å². The van der Waals surface area contributed by atoms with E-state index in [2.05, 4.69) is 124 Å². The molecule has 0 N–H and O–H groups in total. The van der Waals surface area contributed by atoms with Crippen LogP contribution in [0.4, 0.5) is 0 Å². The van der Waals surface area contributed by atoms with E-state index in [1.807, 2.05) is 0 Å².